The Hall–Kier alpha value is -1.12. The summed E-state index contributed by atoms with van der Waals surface area (Å²) in [5.41, 5.74) is 5.53. The van der Waals surface area contributed by atoms with Crippen LogP contribution >= 0.6 is 11.3 Å². The number of hydrogen-bond donors (Lipinski definition) is 2. The Balaban J connectivity index is 2.07. The van der Waals surface area contributed by atoms with Gasteiger partial charge in [-0.1, -0.05) is 11.2 Å². The molecule has 2 rings (SSSR count). The smallest absolute Gasteiger partial charge is 0.252 e. The van der Waals surface area contributed by atoms with Crippen LogP contribution in [0.5, 0.6) is 0 Å². The summed E-state index contributed by atoms with van der Waals surface area (Å²) in [4.78, 5) is 0. The van der Waals surface area contributed by atoms with Gasteiger partial charge >= 0.3 is 0 Å². The van der Waals surface area contributed by atoms with Gasteiger partial charge in [0, 0.05) is 19.0 Å². The highest BCUT2D eigenvalue weighted by molar-refractivity contribution is 7.91. The Kier molecular flexibility index (Phi) is 3.88. The van der Waals surface area contributed by atoms with Crippen molar-refractivity contribution in [2.75, 3.05) is 13.1 Å². The zero-order chi connectivity index (χ0) is 13.2. The van der Waals surface area contributed by atoms with Crippen molar-refractivity contribution < 1.29 is 13.6 Å². The van der Waals surface area contributed by atoms with E-state index in [1.807, 2.05) is 0 Å². The molecule has 0 saturated carbocycles. The molecule has 0 spiro atoms. The molecule has 18 heavy (non-hydrogen) atoms. The van der Waals surface area contributed by atoms with Crippen molar-refractivity contribution in [2.45, 2.75) is 17.1 Å². The molecule has 1 aromatic rings. The summed E-state index contributed by atoms with van der Waals surface area (Å²) in [6, 6.07) is 3.33. The van der Waals surface area contributed by atoms with Crippen LogP contribution < -0.4 is 5.73 Å². The predicted octanol–water partition coefficient (Wildman–Crippen LogP) is 0.895. The number of rotatable bonds is 3. The Bertz CT molecular complexity index is 517. The van der Waals surface area contributed by atoms with Gasteiger partial charge in [-0.2, -0.15) is 4.31 Å². The molecule has 0 bridgehead atoms. The zero-order valence-electron chi connectivity index (χ0n) is 9.69. The number of hydrogen-bond acceptors (Lipinski definition) is 5. The molecule has 0 atom stereocenters. The Morgan fingerprint density at radius 2 is 2.17 bits per heavy atom. The number of amidine groups is 1. The summed E-state index contributed by atoms with van der Waals surface area (Å²) in [5.74, 6) is 0.146. The van der Waals surface area contributed by atoms with Crippen molar-refractivity contribution >= 4 is 27.2 Å². The van der Waals surface area contributed by atoms with E-state index in [4.69, 9.17) is 10.9 Å². The number of oxime groups is 1. The monoisotopic (exact) mass is 289 g/mol. The zero-order valence-corrected chi connectivity index (χ0v) is 11.3. The highest BCUT2D eigenvalue weighted by Crippen LogP contribution is 2.26. The highest BCUT2D eigenvalue weighted by atomic mass is 32.2. The van der Waals surface area contributed by atoms with Gasteiger partial charge in [-0.3, -0.25) is 0 Å². The van der Waals surface area contributed by atoms with E-state index in [-0.39, 0.29) is 11.8 Å². The van der Waals surface area contributed by atoms with Crippen molar-refractivity contribution in [3.63, 3.8) is 0 Å². The maximum Gasteiger partial charge on any atom is 0.252 e. The van der Waals surface area contributed by atoms with Gasteiger partial charge in [-0.15, -0.1) is 11.3 Å². The van der Waals surface area contributed by atoms with Crippen LogP contribution in [0.2, 0.25) is 0 Å². The molecule has 1 aliphatic heterocycles. The molecule has 2 heterocycles. The van der Waals surface area contributed by atoms with E-state index >= 15 is 0 Å². The number of nitrogens with two attached hydrogens (primary N) is 1. The van der Waals surface area contributed by atoms with E-state index in [9.17, 15) is 8.42 Å². The minimum atomic E-state index is -3.37. The molecule has 8 heteroatoms. The lowest BCUT2D eigenvalue weighted by Gasteiger charge is -2.30. The molecule has 6 nitrogen and oxygen atoms in total. The predicted molar refractivity (Wildman–Crippen MR) is 69.2 cm³/mol. The normalized spacial score (nSPS) is 20.1. The van der Waals surface area contributed by atoms with Gasteiger partial charge in [0.2, 0.25) is 0 Å². The quantitative estimate of drug-likeness (QED) is 0.374. The van der Waals surface area contributed by atoms with Crippen LogP contribution in [-0.4, -0.2) is 36.9 Å². The topological polar surface area (TPSA) is 96.0 Å². The fraction of sp³-hybridized carbons (Fsp3) is 0.500. The van der Waals surface area contributed by atoms with E-state index in [0.29, 0.717) is 30.1 Å². The van der Waals surface area contributed by atoms with Crippen LogP contribution in [-0.2, 0) is 10.0 Å². The maximum absolute atomic E-state index is 12.2. The first-order valence-electron chi connectivity index (χ1n) is 5.57. The molecule has 1 aliphatic rings. The molecule has 0 aliphatic carbocycles. The first-order chi connectivity index (χ1) is 8.55. The number of nitrogens with zero attached hydrogens (tertiary/aromatic N) is 2. The van der Waals surface area contributed by atoms with Crippen molar-refractivity contribution in [2.24, 2.45) is 16.8 Å². The van der Waals surface area contributed by atoms with Gasteiger partial charge in [0.1, 0.15) is 10.0 Å². The molecule has 0 radical (unpaired) electrons. The molecular weight excluding hydrogens is 274 g/mol. The summed E-state index contributed by atoms with van der Waals surface area (Å²) < 4.78 is 26.3. The average Bonchev–Trinajstić information content (AvgIpc) is 2.92. The van der Waals surface area contributed by atoms with Crippen LogP contribution in [0.4, 0.5) is 0 Å². The second-order valence-corrected chi connectivity index (χ2v) is 7.25. The molecule has 100 valence electrons. The standard InChI is InChI=1S/C10H15N3O3S2/c11-10(12-14)8-3-5-13(6-4-8)18(15,16)9-2-1-7-17-9/h1-2,7-8,14H,3-6H2,(H2,11,12). The summed E-state index contributed by atoms with van der Waals surface area (Å²) in [6.45, 7) is 0.808. The Morgan fingerprint density at radius 1 is 1.50 bits per heavy atom. The van der Waals surface area contributed by atoms with Crippen LogP contribution in [0.15, 0.2) is 26.9 Å². The summed E-state index contributed by atoms with van der Waals surface area (Å²) >= 11 is 1.22. The Labute approximate surface area is 110 Å². The van der Waals surface area contributed by atoms with E-state index in [1.165, 1.54) is 15.6 Å². The largest absolute Gasteiger partial charge is 0.409 e. The minimum absolute atomic E-state index is 0.0372. The van der Waals surface area contributed by atoms with Crippen LogP contribution in [0.3, 0.4) is 0 Å². The lowest BCUT2D eigenvalue weighted by atomic mass is 9.97. The lowest BCUT2D eigenvalue weighted by Crippen LogP contribution is -2.41. The van der Waals surface area contributed by atoms with Gasteiger partial charge < -0.3 is 10.9 Å². The average molecular weight is 289 g/mol. The van der Waals surface area contributed by atoms with Crippen LogP contribution in [0, 0.1) is 5.92 Å². The number of thiophene rings is 1. The third-order valence-electron chi connectivity index (χ3n) is 3.08. The lowest BCUT2D eigenvalue weighted by molar-refractivity contribution is 0.291. The van der Waals surface area contributed by atoms with Crippen molar-refractivity contribution in [1.82, 2.24) is 4.31 Å². The highest BCUT2D eigenvalue weighted by Gasteiger charge is 2.31. The van der Waals surface area contributed by atoms with Gasteiger partial charge in [0.05, 0.1) is 0 Å². The molecule has 1 aromatic heterocycles. The molecule has 0 amide bonds. The van der Waals surface area contributed by atoms with E-state index in [0.717, 1.165) is 0 Å². The van der Waals surface area contributed by atoms with Gasteiger partial charge in [0.25, 0.3) is 10.0 Å². The first-order valence-corrected chi connectivity index (χ1v) is 7.88. The third-order valence-corrected chi connectivity index (χ3v) is 6.35. The van der Waals surface area contributed by atoms with Gasteiger partial charge in [0.15, 0.2) is 0 Å². The molecule has 3 N–H and O–H groups in total. The maximum atomic E-state index is 12.2. The number of sulfonamides is 1. The van der Waals surface area contributed by atoms with Crippen LogP contribution in [0.1, 0.15) is 12.8 Å². The fourth-order valence-electron chi connectivity index (χ4n) is 2.01. The van der Waals surface area contributed by atoms with Crippen molar-refractivity contribution in [3.8, 4) is 0 Å². The summed E-state index contributed by atoms with van der Waals surface area (Å²) in [7, 11) is -3.37. The van der Waals surface area contributed by atoms with E-state index in [2.05, 4.69) is 5.16 Å². The molecule has 1 fully saturated rings. The Morgan fingerprint density at radius 3 is 2.67 bits per heavy atom. The molecule has 0 aromatic carbocycles. The van der Waals surface area contributed by atoms with Crippen molar-refractivity contribution in [3.05, 3.63) is 17.5 Å². The van der Waals surface area contributed by atoms with Crippen LogP contribution in [0.25, 0.3) is 0 Å². The van der Waals surface area contributed by atoms with E-state index < -0.39 is 10.0 Å². The van der Waals surface area contributed by atoms with Crippen molar-refractivity contribution in [1.29, 1.82) is 0 Å². The van der Waals surface area contributed by atoms with Gasteiger partial charge in [-0.05, 0) is 24.3 Å². The fourth-order valence-corrected chi connectivity index (χ4v) is 4.63. The second-order valence-electron chi connectivity index (χ2n) is 4.14. The number of piperidine rings is 1. The second kappa shape index (κ2) is 5.25. The first kappa shape index (κ1) is 13.3. The summed E-state index contributed by atoms with van der Waals surface area (Å²) in [6.07, 6.45) is 1.17. The SMILES string of the molecule is NC(=NO)C1CCN(S(=O)(=O)c2cccs2)CC1. The van der Waals surface area contributed by atoms with Gasteiger partial charge in [-0.25, -0.2) is 8.42 Å². The third kappa shape index (κ3) is 2.50. The molecule has 0 unspecified atom stereocenters. The molecule has 1 saturated heterocycles. The molecular formula is C10H15N3O3S2. The van der Waals surface area contributed by atoms with E-state index in [1.54, 1.807) is 17.5 Å². The minimum Gasteiger partial charge on any atom is -0.409 e. The summed E-state index contributed by atoms with van der Waals surface area (Å²) in [5, 5.41) is 13.3.